The minimum absolute atomic E-state index is 0.0292. The number of hydrogen-bond donors (Lipinski definition) is 2. The molecule has 5 aromatic rings. The molecule has 11 nitrogen and oxygen atoms in total. The van der Waals surface area contributed by atoms with E-state index in [1.807, 2.05) is 25.2 Å². The van der Waals surface area contributed by atoms with Crippen LogP contribution in [0.2, 0.25) is 0 Å². The number of hydrogen-bond acceptors (Lipinski definition) is 7. The first-order chi connectivity index (χ1) is 20.2. The average molecular weight is 560 g/mol. The third kappa shape index (κ3) is 5.33. The second-order valence-corrected chi connectivity index (χ2v) is 9.66. The first-order valence-corrected chi connectivity index (χ1v) is 13.1. The van der Waals surface area contributed by atoms with E-state index in [2.05, 4.69) is 38.9 Å². The van der Waals surface area contributed by atoms with Crippen molar-refractivity contribution in [1.29, 1.82) is 0 Å². The Bertz CT molecular complexity index is 1990. The Hall–Kier alpha value is -5.76. The van der Waals surface area contributed by atoms with E-state index >= 15 is 0 Å². The van der Waals surface area contributed by atoms with Crippen molar-refractivity contribution in [3.8, 4) is 17.5 Å². The fraction of sp³-hybridized carbons (Fsp3) is 0.161. The van der Waals surface area contributed by atoms with Crippen LogP contribution >= 0.6 is 0 Å². The molecule has 2 aromatic carbocycles. The Balaban J connectivity index is 1.63. The normalized spacial score (nSPS) is 12.0. The van der Waals surface area contributed by atoms with Crippen LogP contribution in [0.1, 0.15) is 47.2 Å². The minimum atomic E-state index is -0.711. The quantitative estimate of drug-likeness (QED) is 0.241. The largest absolute Gasteiger partial charge is 0.381 e. The van der Waals surface area contributed by atoms with Gasteiger partial charge in [0.25, 0.3) is 11.5 Å². The highest BCUT2D eigenvalue weighted by Crippen LogP contribution is 2.26. The number of nitrogen functional groups attached to an aromatic ring is 1. The van der Waals surface area contributed by atoms with Crippen molar-refractivity contribution in [2.75, 3.05) is 5.73 Å². The number of anilines is 1. The summed E-state index contributed by atoms with van der Waals surface area (Å²) >= 11 is 0. The van der Waals surface area contributed by atoms with Crippen LogP contribution in [0.4, 0.5) is 11.6 Å². The third-order valence-electron chi connectivity index (χ3n) is 6.57. The van der Waals surface area contributed by atoms with Gasteiger partial charge in [0.1, 0.15) is 11.4 Å². The fourth-order valence-electron chi connectivity index (χ4n) is 4.52. The van der Waals surface area contributed by atoms with Gasteiger partial charge in [-0.15, -0.1) is 0 Å². The molecule has 0 aliphatic heterocycles. The molecule has 0 bridgehead atoms. The van der Waals surface area contributed by atoms with Crippen LogP contribution in [0, 0.1) is 11.8 Å². The summed E-state index contributed by atoms with van der Waals surface area (Å²) in [5.74, 6) is 6.32. The zero-order chi connectivity index (χ0) is 30.0. The molecule has 3 aromatic heterocycles. The highest BCUT2D eigenvalue weighted by molar-refractivity contribution is 6.04. The van der Waals surface area contributed by atoms with Crippen LogP contribution in [0.3, 0.4) is 0 Å². The standard InChI is InChI=1S/C31H29N9O2/c1-6-19(2)34-29-26(27(32)37-39(29)5)30(41)35-20(3)28-36-24-14-10-11-22(16-15-21-17-33-38(4)18-21)25(24)31(42)40(28)23-12-8-7-9-13-23/h6-14,17-18,20H,1H2,2-5H3,(H2,32,37)(H,35,41)/b34-19-. The number of nitrogens with one attached hydrogen (secondary N) is 1. The van der Waals surface area contributed by atoms with Gasteiger partial charge in [-0.05, 0) is 44.2 Å². The summed E-state index contributed by atoms with van der Waals surface area (Å²) in [4.78, 5) is 37.0. The number of nitrogens with two attached hydrogens (primary N) is 1. The molecule has 42 heavy (non-hydrogen) atoms. The second kappa shape index (κ2) is 11.4. The maximum absolute atomic E-state index is 14.2. The molecule has 3 N–H and O–H groups in total. The lowest BCUT2D eigenvalue weighted by atomic mass is 10.1. The number of rotatable bonds is 6. The topological polar surface area (TPSA) is 138 Å². The van der Waals surface area contributed by atoms with Crippen molar-refractivity contribution in [2.24, 2.45) is 19.1 Å². The first-order valence-electron chi connectivity index (χ1n) is 13.1. The SMILES string of the molecule is C=C/C(C)=N\c1c(C(=O)NC(C)c2nc3cccc(C#Cc4cnn(C)c4)c3c(=O)n2-c2ccccc2)c(N)nn1C. The smallest absolute Gasteiger partial charge is 0.267 e. The summed E-state index contributed by atoms with van der Waals surface area (Å²) in [5, 5.41) is 11.6. The van der Waals surface area contributed by atoms with E-state index in [1.165, 1.54) is 9.25 Å². The van der Waals surface area contributed by atoms with E-state index < -0.39 is 11.9 Å². The van der Waals surface area contributed by atoms with Gasteiger partial charge in [0.05, 0.1) is 34.4 Å². The summed E-state index contributed by atoms with van der Waals surface area (Å²) in [6.07, 6.45) is 5.03. The van der Waals surface area contributed by atoms with Gasteiger partial charge < -0.3 is 11.1 Å². The van der Waals surface area contributed by atoms with Gasteiger partial charge in [0.15, 0.2) is 11.6 Å². The number of aliphatic imine (C=N–C) groups is 1. The summed E-state index contributed by atoms with van der Waals surface area (Å²) < 4.78 is 4.59. The van der Waals surface area contributed by atoms with E-state index in [-0.39, 0.29) is 16.9 Å². The molecule has 0 aliphatic rings. The third-order valence-corrected chi connectivity index (χ3v) is 6.57. The van der Waals surface area contributed by atoms with Gasteiger partial charge in [0.2, 0.25) is 0 Å². The highest BCUT2D eigenvalue weighted by atomic mass is 16.2. The maximum atomic E-state index is 14.2. The van der Waals surface area contributed by atoms with Crippen LogP contribution in [0.25, 0.3) is 16.6 Å². The molecule has 0 spiro atoms. The number of carbonyl (C=O) groups excluding carboxylic acids is 1. The van der Waals surface area contributed by atoms with Gasteiger partial charge in [-0.3, -0.25) is 18.8 Å². The summed E-state index contributed by atoms with van der Waals surface area (Å²) in [5.41, 5.74) is 8.81. The molecule has 0 radical (unpaired) electrons. The van der Waals surface area contributed by atoms with Gasteiger partial charge in [-0.1, -0.05) is 42.7 Å². The predicted molar refractivity (Wildman–Crippen MR) is 163 cm³/mol. The Morgan fingerprint density at radius 3 is 2.60 bits per heavy atom. The molecule has 1 amide bonds. The fourth-order valence-corrected chi connectivity index (χ4v) is 4.52. The van der Waals surface area contributed by atoms with E-state index in [4.69, 9.17) is 10.7 Å². The predicted octanol–water partition coefficient (Wildman–Crippen LogP) is 3.60. The number of amides is 1. The highest BCUT2D eigenvalue weighted by Gasteiger charge is 2.26. The molecular weight excluding hydrogens is 530 g/mol. The Morgan fingerprint density at radius 1 is 1.14 bits per heavy atom. The summed E-state index contributed by atoms with van der Waals surface area (Å²) in [7, 11) is 3.46. The van der Waals surface area contributed by atoms with E-state index in [1.54, 1.807) is 74.4 Å². The van der Waals surface area contributed by atoms with Crippen molar-refractivity contribution in [3.63, 3.8) is 0 Å². The lowest BCUT2D eigenvalue weighted by Gasteiger charge is -2.20. The number of carbonyl (C=O) groups is 1. The number of para-hydroxylation sites is 1. The number of nitrogens with zero attached hydrogens (tertiary/aromatic N) is 7. The van der Waals surface area contributed by atoms with Gasteiger partial charge >= 0.3 is 0 Å². The van der Waals surface area contributed by atoms with E-state index in [0.717, 1.165) is 5.56 Å². The van der Waals surface area contributed by atoms with E-state index in [0.29, 0.717) is 39.5 Å². The van der Waals surface area contributed by atoms with Crippen molar-refractivity contribution in [3.05, 3.63) is 106 Å². The van der Waals surface area contributed by atoms with Gasteiger partial charge in [-0.25, -0.2) is 14.7 Å². The number of aromatic nitrogens is 6. The molecule has 0 saturated carbocycles. The van der Waals surface area contributed by atoms with Crippen LogP contribution < -0.4 is 16.6 Å². The van der Waals surface area contributed by atoms with Crippen LogP contribution in [0.15, 0.2) is 83.4 Å². The van der Waals surface area contributed by atoms with Crippen molar-refractivity contribution >= 4 is 34.2 Å². The lowest BCUT2D eigenvalue weighted by Crippen LogP contribution is -2.33. The number of benzene rings is 2. The second-order valence-electron chi connectivity index (χ2n) is 9.66. The van der Waals surface area contributed by atoms with Gasteiger partial charge in [-0.2, -0.15) is 10.2 Å². The molecular formula is C31H29N9O2. The van der Waals surface area contributed by atoms with Crippen molar-refractivity contribution < 1.29 is 4.79 Å². The molecule has 0 fully saturated rings. The van der Waals surface area contributed by atoms with Crippen LogP contribution in [-0.4, -0.2) is 40.7 Å². The first kappa shape index (κ1) is 27.8. The zero-order valence-corrected chi connectivity index (χ0v) is 23.7. The number of aryl methyl sites for hydroxylation is 2. The maximum Gasteiger partial charge on any atom is 0.267 e. The van der Waals surface area contributed by atoms with Crippen molar-refractivity contribution in [1.82, 2.24) is 34.4 Å². The minimum Gasteiger partial charge on any atom is -0.381 e. The Morgan fingerprint density at radius 2 is 1.90 bits per heavy atom. The molecule has 3 heterocycles. The zero-order valence-electron chi connectivity index (χ0n) is 23.7. The number of fused-ring (bicyclic) bond motifs is 1. The van der Waals surface area contributed by atoms with Crippen molar-refractivity contribution in [2.45, 2.75) is 19.9 Å². The van der Waals surface area contributed by atoms with E-state index in [9.17, 15) is 9.59 Å². The molecule has 1 unspecified atom stereocenters. The summed E-state index contributed by atoms with van der Waals surface area (Å²) in [6.45, 7) is 7.23. The Kier molecular flexibility index (Phi) is 7.53. The Labute approximate surface area is 242 Å². The summed E-state index contributed by atoms with van der Waals surface area (Å²) in [6, 6.07) is 13.8. The monoisotopic (exact) mass is 559 g/mol. The molecule has 0 saturated heterocycles. The van der Waals surface area contributed by atoms with Gasteiger partial charge in [0, 0.05) is 31.6 Å². The lowest BCUT2D eigenvalue weighted by molar-refractivity contribution is 0.0939. The molecule has 11 heteroatoms. The molecule has 210 valence electrons. The van der Waals surface area contributed by atoms with Crippen LogP contribution in [-0.2, 0) is 14.1 Å². The molecule has 5 rings (SSSR count). The molecule has 0 aliphatic carbocycles. The number of allylic oxidation sites excluding steroid dienone is 1. The average Bonchev–Trinajstić information content (AvgIpc) is 3.52. The van der Waals surface area contributed by atoms with Crippen LogP contribution in [0.5, 0.6) is 0 Å². The molecule has 1 atom stereocenters.